The van der Waals surface area contributed by atoms with Crippen LogP contribution in [0.4, 0.5) is 5.69 Å². The summed E-state index contributed by atoms with van der Waals surface area (Å²) in [5.41, 5.74) is 3.02. The molecule has 2 aromatic carbocycles. The fourth-order valence-electron chi connectivity index (χ4n) is 3.14. The van der Waals surface area contributed by atoms with Crippen molar-refractivity contribution >= 4 is 41.0 Å². The molecule has 2 N–H and O–H groups in total. The summed E-state index contributed by atoms with van der Waals surface area (Å²) in [5, 5.41) is 3.86. The third kappa shape index (κ3) is 5.92. The summed E-state index contributed by atoms with van der Waals surface area (Å²) in [6.45, 7) is -0.632. The van der Waals surface area contributed by atoms with Gasteiger partial charge in [0.2, 0.25) is 5.91 Å². The van der Waals surface area contributed by atoms with Crippen LogP contribution in [-0.4, -0.2) is 56.1 Å². The topological polar surface area (TPSA) is 123 Å². The van der Waals surface area contributed by atoms with Gasteiger partial charge in [0.25, 0.3) is 11.8 Å². The van der Waals surface area contributed by atoms with Gasteiger partial charge >= 0.3 is 5.97 Å². The Morgan fingerprint density at radius 3 is 2.58 bits per heavy atom. The minimum atomic E-state index is -0.827. The minimum Gasteiger partial charge on any atom is -0.497 e. The highest BCUT2D eigenvalue weighted by Gasteiger charge is 2.37. The number of carbonyl (C=O) groups excluding carboxylic acids is 4. The quantitative estimate of drug-likeness (QED) is 0.560. The van der Waals surface area contributed by atoms with Crippen LogP contribution in [0.15, 0.2) is 42.5 Å². The van der Waals surface area contributed by atoms with Gasteiger partial charge in [-0.1, -0.05) is 23.7 Å². The van der Waals surface area contributed by atoms with Crippen LogP contribution in [-0.2, 0) is 19.1 Å². The first-order valence-electron chi connectivity index (χ1n) is 9.86. The van der Waals surface area contributed by atoms with E-state index in [2.05, 4.69) is 10.7 Å². The molecular weight excluding hydrogens is 454 g/mol. The lowest BCUT2D eigenvalue weighted by Crippen LogP contribution is -2.43. The van der Waals surface area contributed by atoms with Gasteiger partial charge in [-0.25, -0.2) is 0 Å². The van der Waals surface area contributed by atoms with Crippen molar-refractivity contribution in [1.29, 1.82) is 0 Å². The molecule has 11 heteroatoms. The number of carbonyl (C=O) groups is 4. The minimum absolute atomic E-state index is 0.0816. The number of anilines is 1. The first-order valence-corrected chi connectivity index (χ1v) is 10.2. The molecule has 0 saturated carbocycles. The average Bonchev–Trinajstić information content (AvgIpc) is 3.18. The second-order valence-electron chi connectivity index (χ2n) is 7.05. The SMILES string of the molecule is COc1ccc(NC(=O)COC(=O)[C@H]2CC(=O)N(NC(=O)c3ccccc3Cl)C2)c(OC)c1. The maximum Gasteiger partial charge on any atom is 0.311 e. The first-order chi connectivity index (χ1) is 15.8. The maximum absolute atomic E-state index is 12.4. The Kier molecular flexibility index (Phi) is 7.73. The summed E-state index contributed by atoms with van der Waals surface area (Å²) in [7, 11) is 2.95. The maximum atomic E-state index is 12.4. The largest absolute Gasteiger partial charge is 0.497 e. The van der Waals surface area contributed by atoms with Gasteiger partial charge < -0.3 is 19.5 Å². The van der Waals surface area contributed by atoms with Crippen LogP contribution in [0.3, 0.4) is 0 Å². The molecule has 3 amide bonds. The van der Waals surface area contributed by atoms with Crippen LogP contribution in [0.2, 0.25) is 5.02 Å². The normalized spacial score (nSPS) is 15.1. The Hall–Kier alpha value is -3.79. The fourth-order valence-corrected chi connectivity index (χ4v) is 3.37. The molecule has 1 atom stereocenters. The summed E-state index contributed by atoms with van der Waals surface area (Å²) in [4.78, 5) is 49.1. The monoisotopic (exact) mass is 475 g/mol. The molecule has 0 unspecified atom stereocenters. The summed E-state index contributed by atoms with van der Waals surface area (Å²) in [5.74, 6) is -2.24. The van der Waals surface area contributed by atoms with Crippen LogP contribution in [0.1, 0.15) is 16.8 Å². The highest BCUT2D eigenvalue weighted by Crippen LogP contribution is 2.29. The van der Waals surface area contributed by atoms with E-state index in [1.54, 1.807) is 36.4 Å². The van der Waals surface area contributed by atoms with Crippen molar-refractivity contribution in [2.24, 2.45) is 5.92 Å². The Labute approximate surface area is 194 Å². The van der Waals surface area contributed by atoms with Crippen molar-refractivity contribution in [3.05, 3.63) is 53.1 Å². The third-order valence-corrected chi connectivity index (χ3v) is 5.17. The Morgan fingerprint density at radius 2 is 1.88 bits per heavy atom. The molecule has 0 aromatic heterocycles. The van der Waals surface area contributed by atoms with Crippen molar-refractivity contribution in [3.63, 3.8) is 0 Å². The predicted octanol–water partition coefficient (Wildman–Crippen LogP) is 2.03. The number of benzene rings is 2. The standard InChI is InChI=1S/C22H22ClN3O7/c1-31-14-7-8-17(18(10-14)32-2)24-19(27)12-33-22(30)13-9-20(28)26(11-13)25-21(29)15-5-3-4-6-16(15)23/h3-8,10,13H,9,11-12H2,1-2H3,(H,24,27)(H,25,29)/t13-/m0/s1. The molecule has 0 spiro atoms. The molecule has 3 rings (SSSR count). The van der Waals surface area contributed by atoms with E-state index >= 15 is 0 Å². The molecule has 1 aliphatic rings. The molecule has 0 aliphatic carbocycles. The molecule has 0 radical (unpaired) electrons. The van der Waals surface area contributed by atoms with E-state index in [4.69, 9.17) is 25.8 Å². The summed E-state index contributed by atoms with van der Waals surface area (Å²) >= 11 is 5.99. The molecule has 1 aliphatic heterocycles. The highest BCUT2D eigenvalue weighted by atomic mass is 35.5. The van der Waals surface area contributed by atoms with E-state index in [-0.39, 0.29) is 23.6 Å². The van der Waals surface area contributed by atoms with E-state index in [9.17, 15) is 19.2 Å². The van der Waals surface area contributed by atoms with Gasteiger partial charge in [-0.3, -0.25) is 29.6 Å². The van der Waals surface area contributed by atoms with E-state index in [0.29, 0.717) is 17.2 Å². The van der Waals surface area contributed by atoms with E-state index < -0.39 is 36.2 Å². The summed E-state index contributed by atoms with van der Waals surface area (Å²) < 4.78 is 15.4. The lowest BCUT2D eigenvalue weighted by molar-refractivity contribution is -0.151. The number of ether oxygens (including phenoxy) is 3. The van der Waals surface area contributed by atoms with Crippen molar-refractivity contribution in [1.82, 2.24) is 10.4 Å². The molecule has 174 valence electrons. The number of esters is 1. The molecule has 33 heavy (non-hydrogen) atoms. The molecule has 1 saturated heterocycles. The molecule has 10 nitrogen and oxygen atoms in total. The van der Waals surface area contributed by atoms with Gasteiger partial charge in [0, 0.05) is 12.5 Å². The van der Waals surface area contributed by atoms with Gasteiger partial charge in [-0.2, -0.15) is 0 Å². The Bertz CT molecular complexity index is 1080. The van der Waals surface area contributed by atoms with Gasteiger partial charge in [0.05, 0.1) is 43.0 Å². The van der Waals surface area contributed by atoms with Crippen molar-refractivity contribution in [3.8, 4) is 11.5 Å². The van der Waals surface area contributed by atoms with Crippen molar-refractivity contribution in [2.75, 3.05) is 32.7 Å². The van der Waals surface area contributed by atoms with Crippen LogP contribution < -0.4 is 20.2 Å². The van der Waals surface area contributed by atoms with Gasteiger partial charge in [-0.05, 0) is 24.3 Å². The lowest BCUT2D eigenvalue weighted by atomic mass is 10.1. The third-order valence-electron chi connectivity index (χ3n) is 4.84. The molecular formula is C22H22ClN3O7. The average molecular weight is 476 g/mol. The number of amides is 3. The van der Waals surface area contributed by atoms with Crippen LogP contribution in [0.5, 0.6) is 11.5 Å². The predicted molar refractivity (Wildman–Crippen MR) is 118 cm³/mol. The Morgan fingerprint density at radius 1 is 1.12 bits per heavy atom. The first kappa shape index (κ1) is 23.9. The van der Waals surface area contributed by atoms with Crippen LogP contribution in [0, 0.1) is 5.92 Å². The number of rotatable bonds is 8. The number of methoxy groups -OCH3 is 2. The van der Waals surface area contributed by atoms with E-state index in [1.807, 2.05) is 0 Å². The van der Waals surface area contributed by atoms with Crippen molar-refractivity contribution in [2.45, 2.75) is 6.42 Å². The van der Waals surface area contributed by atoms with E-state index in [0.717, 1.165) is 5.01 Å². The molecule has 1 heterocycles. The van der Waals surface area contributed by atoms with Gasteiger partial charge in [0.1, 0.15) is 11.5 Å². The zero-order valence-corrected chi connectivity index (χ0v) is 18.7. The number of hydrogen-bond donors (Lipinski definition) is 2. The van der Waals surface area contributed by atoms with E-state index in [1.165, 1.54) is 20.3 Å². The number of hydrogen-bond acceptors (Lipinski definition) is 7. The fraction of sp³-hybridized carbons (Fsp3) is 0.273. The lowest BCUT2D eigenvalue weighted by Gasteiger charge is -2.18. The number of nitrogens with one attached hydrogen (secondary N) is 2. The number of halogens is 1. The smallest absolute Gasteiger partial charge is 0.311 e. The number of hydrazine groups is 1. The highest BCUT2D eigenvalue weighted by molar-refractivity contribution is 6.33. The molecule has 2 aromatic rings. The molecule has 0 bridgehead atoms. The molecule has 1 fully saturated rings. The summed E-state index contributed by atoms with van der Waals surface area (Å²) in [6.07, 6.45) is -0.157. The second-order valence-corrected chi connectivity index (χ2v) is 7.46. The Balaban J connectivity index is 1.51. The van der Waals surface area contributed by atoms with Crippen molar-refractivity contribution < 1.29 is 33.4 Å². The number of nitrogens with zero attached hydrogens (tertiary/aromatic N) is 1. The summed E-state index contributed by atoms with van der Waals surface area (Å²) in [6, 6.07) is 11.2. The van der Waals surface area contributed by atoms with Crippen LogP contribution in [0.25, 0.3) is 0 Å². The zero-order valence-electron chi connectivity index (χ0n) is 17.9. The van der Waals surface area contributed by atoms with Gasteiger partial charge in [0.15, 0.2) is 6.61 Å². The van der Waals surface area contributed by atoms with Crippen LogP contribution >= 0.6 is 11.6 Å². The second kappa shape index (κ2) is 10.7. The van der Waals surface area contributed by atoms with Gasteiger partial charge in [-0.15, -0.1) is 0 Å². The zero-order chi connectivity index (χ0) is 24.0.